The van der Waals surface area contributed by atoms with Crippen molar-refractivity contribution in [2.45, 2.75) is 48.5 Å². The van der Waals surface area contributed by atoms with Crippen molar-refractivity contribution in [3.8, 4) is 0 Å². The van der Waals surface area contributed by atoms with E-state index >= 15 is 0 Å². The molecule has 2 aromatic carbocycles. The van der Waals surface area contributed by atoms with Gasteiger partial charge in [0.1, 0.15) is 12.2 Å². The largest absolute Gasteiger partial charge is 0.367 e. The second-order valence-corrected chi connectivity index (χ2v) is 8.80. The summed E-state index contributed by atoms with van der Waals surface area (Å²) in [6.45, 7) is 3.96. The van der Waals surface area contributed by atoms with E-state index in [2.05, 4.69) is 83.2 Å². The first-order valence-corrected chi connectivity index (χ1v) is 11.0. The van der Waals surface area contributed by atoms with E-state index in [0.29, 0.717) is 10.7 Å². The number of rotatable bonds is 4. The molecule has 1 saturated heterocycles. The smallest absolute Gasteiger partial charge is 0.113 e. The molecule has 2 nitrogen and oxygen atoms in total. The maximum absolute atomic E-state index is 6.84. The van der Waals surface area contributed by atoms with Crippen LogP contribution in [0.4, 0.5) is 0 Å². The second kappa shape index (κ2) is 9.21. The lowest BCUT2D eigenvalue weighted by Crippen LogP contribution is -2.41. The van der Waals surface area contributed by atoms with Gasteiger partial charge >= 0.3 is 0 Å². The van der Waals surface area contributed by atoms with E-state index in [4.69, 9.17) is 9.47 Å². The monoisotopic (exact) mass is 438 g/mol. The van der Waals surface area contributed by atoms with Crippen LogP contribution in [0.25, 0.3) is 0 Å². The van der Waals surface area contributed by atoms with Crippen LogP contribution >= 0.6 is 15.9 Å². The Morgan fingerprint density at radius 3 is 2.14 bits per heavy atom. The number of fused-ring (bicyclic) bond motifs is 1. The lowest BCUT2D eigenvalue weighted by Gasteiger charge is -2.42. The van der Waals surface area contributed by atoms with Gasteiger partial charge in [0.25, 0.3) is 0 Å². The zero-order valence-corrected chi connectivity index (χ0v) is 17.6. The van der Waals surface area contributed by atoms with Gasteiger partial charge in [0, 0.05) is 10.7 Å². The molecule has 1 fully saturated rings. The number of ether oxygens (including phenoxy) is 2. The minimum atomic E-state index is -0.157. The Hall–Kier alpha value is -1.68. The minimum Gasteiger partial charge on any atom is -0.367 e. The molecule has 0 N–H and O–H groups in total. The van der Waals surface area contributed by atoms with Crippen molar-refractivity contribution in [3.63, 3.8) is 0 Å². The van der Waals surface area contributed by atoms with E-state index in [0.717, 1.165) is 30.4 Å². The molecule has 1 heterocycles. The highest BCUT2D eigenvalue weighted by atomic mass is 79.9. The van der Waals surface area contributed by atoms with E-state index in [1.54, 1.807) is 0 Å². The maximum Gasteiger partial charge on any atom is 0.113 e. The van der Waals surface area contributed by atoms with Gasteiger partial charge in [-0.3, -0.25) is 0 Å². The van der Waals surface area contributed by atoms with Crippen molar-refractivity contribution in [3.05, 3.63) is 96.6 Å². The first-order valence-electron chi connectivity index (χ1n) is 10.1. The van der Waals surface area contributed by atoms with Crippen LogP contribution in [0.2, 0.25) is 0 Å². The Balaban J connectivity index is 1.77. The Morgan fingerprint density at radius 2 is 1.54 bits per heavy atom. The summed E-state index contributed by atoms with van der Waals surface area (Å²) in [5.74, 6) is 0.339. The van der Waals surface area contributed by atoms with Gasteiger partial charge < -0.3 is 9.47 Å². The number of halogens is 1. The third-order valence-electron chi connectivity index (χ3n) is 5.66. The molecule has 0 saturated carbocycles. The summed E-state index contributed by atoms with van der Waals surface area (Å²) < 4.78 is 13.6. The number of alkyl halides is 1. The maximum atomic E-state index is 6.84. The summed E-state index contributed by atoms with van der Waals surface area (Å²) >= 11 is 3.89. The van der Waals surface area contributed by atoms with E-state index in [1.165, 1.54) is 0 Å². The molecule has 0 spiro atoms. The van der Waals surface area contributed by atoms with E-state index in [-0.39, 0.29) is 24.4 Å². The molecule has 1 aliphatic carbocycles. The topological polar surface area (TPSA) is 18.5 Å². The highest BCUT2D eigenvalue weighted by Gasteiger charge is 2.40. The molecule has 0 radical (unpaired) electrons. The number of allylic oxidation sites excluding steroid dienone is 1. The highest BCUT2D eigenvalue weighted by molar-refractivity contribution is 9.09. The molecule has 0 bridgehead atoms. The molecule has 146 valence electrons. The molecule has 0 unspecified atom stereocenters. The van der Waals surface area contributed by atoms with Crippen LogP contribution in [-0.2, 0) is 9.47 Å². The van der Waals surface area contributed by atoms with Crippen LogP contribution in [0.3, 0.4) is 0 Å². The van der Waals surface area contributed by atoms with Crippen LogP contribution in [0, 0.1) is 5.92 Å². The normalized spacial score (nSPS) is 32.8. The van der Waals surface area contributed by atoms with Gasteiger partial charge in [-0.05, 0) is 30.4 Å². The third kappa shape index (κ3) is 4.32. The van der Waals surface area contributed by atoms with Crippen molar-refractivity contribution in [1.29, 1.82) is 0 Å². The molecule has 2 aliphatic rings. The van der Waals surface area contributed by atoms with Gasteiger partial charge in [0.2, 0.25) is 0 Å². The predicted molar refractivity (Wildman–Crippen MR) is 118 cm³/mol. The molecule has 6 atom stereocenters. The number of hydrogen-bond acceptors (Lipinski definition) is 2. The van der Waals surface area contributed by atoms with Crippen molar-refractivity contribution >= 4 is 15.9 Å². The summed E-state index contributed by atoms with van der Waals surface area (Å²) in [6, 6.07) is 20.9. The number of hydrogen-bond donors (Lipinski definition) is 0. The van der Waals surface area contributed by atoms with Crippen LogP contribution in [-0.4, -0.2) is 17.0 Å². The predicted octanol–water partition coefficient (Wildman–Crippen LogP) is 6.56. The Bertz CT molecular complexity index is 789. The second-order valence-electron chi connectivity index (χ2n) is 7.63. The van der Waals surface area contributed by atoms with Crippen LogP contribution in [0.15, 0.2) is 85.5 Å². The molecule has 0 aromatic heterocycles. The average molecular weight is 439 g/mol. The fourth-order valence-corrected chi connectivity index (χ4v) is 5.03. The van der Waals surface area contributed by atoms with Crippen molar-refractivity contribution in [2.75, 3.05) is 0 Å². The van der Waals surface area contributed by atoms with E-state index in [9.17, 15) is 0 Å². The Kier molecular flexibility index (Phi) is 6.46. The fourth-order valence-electron chi connectivity index (χ4n) is 4.30. The number of benzene rings is 2. The minimum absolute atomic E-state index is 0.118. The Labute approximate surface area is 176 Å². The summed E-state index contributed by atoms with van der Waals surface area (Å²) in [5.41, 5.74) is 2.31. The van der Waals surface area contributed by atoms with E-state index in [1.807, 2.05) is 18.2 Å². The molecular weight excluding hydrogens is 412 g/mol. The first kappa shape index (κ1) is 19.6. The molecule has 28 heavy (non-hydrogen) atoms. The van der Waals surface area contributed by atoms with Gasteiger partial charge in [-0.25, -0.2) is 0 Å². The lowest BCUT2D eigenvalue weighted by atomic mass is 9.85. The highest BCUT2D eigenvalue weighted by Crippen LogP contribution is 2.44. The molecule has 1 aliphatic heterocycles. The zero-order valence-electron chi connectivity index (χ0n) is 16.0. The molecule has 3 heteroatoms. The lowest BCUT2D eigenvalue weighted by molar-refractivity contribution is -0.165. The summed E-state index contributed by atoms with van der Waals surface area (Å²) in [4.78, 5) is 0.313. The fraction of sp³-hybridized carbons (Fsp3) is 0.360. The van der Waals surface area contributed by atoms with Crippen molar-refractivity contribution < 1.29 is 9.47 Å². The van der Waals surface area contributed by atoms with Gasteiger partial charge in [-0.1, -0.05) is 94.8 Å². The van der Waals surface area contributed by atoms with Crippen LogP contribution in [0.5, 0.6) is 0 Å². The SMILES string of the molecule is C=CC[C@H]1C[C@@H]2C=CC[C@@H](Br)[C@@H]2O[C@H](c2ccccc2)[C@@H](c2ccccc2)O1. The van der Waals surface area contributed by atoms with Gasteiger partial charge in [0.15, 0.2) is 0 Å². The summed E-state index contributed by atoms with van der Waals surface area (Å²) in [6.07, 6.45) is 9.26. The van der Waals surface area contributed by atoms with Crippen LogP contribution in [0.1, 0.15) is 42.6 Å². The first-order chi connectivity index (χ1) is 13.8. The standard InChI is InChI=1S/C25H27BrO2/c1-2-10-21-17-20-15-9-16-22(26)23(20)28-25(19-13-7-4-8-14-19)24(27-21)18-11-5-3-6-12-18/h2-9,11-15,20-25H,1,10,16-17H2/t20-,21-,22+,23+,24+,25+/m0/s1. The van der Waals surface area contributed by atoms with Gasteiger partial charge in [0.05, 0.1) is 12.2 Å². The van der Waals surface area contributed by atoms with E-state index < -0.39 is 0 Å². The summed E-state index contributed by atoms with van der Waals surface area (Å²) in [5, 5.41) is 0. The van der Waals surface area contributed by atoms with Crippen LogP contribution < -0.4 is 0 Å². The molecule has 4 rings (SSSR count). The van der Waals surface area contributed by atoms with Crippen molar-refractivity contribution in [2.24, 2.45) is 5.92 Å². The molecule has 0 amide bonds. The third-order valence-corrected chi connectivity index (χ3v) is 6.56. The van der Waals surface area contributed by atoms with Crippen molar-refractivity contribution in [1.82, 2.24) is 0 Å². The molecular formula is C25H27BrO2. The Morgan fingerprint density at radius 1 is 0.929 bits per heavy atom. The average Bonchev–Trinajstić information content (AvgIpc) is 2.72. The zero-order chi connectivity index (χ0) is 19.3. The summed E-state index contributed by atoms with van der Waals surface area (Å²) in [7, 11) is 0. The van der Waals surface area contributed by atoms with Gasteiger partial charge in [-0.15, -0.1) is 6.58 Å². The quantitative estimate of drug-likeness (QED) is 0.397. The van der Waals surface area contributed by atoms with Gasteiger partial charge in [-0.2, -0.15) is 0 Å². The molecule has 2 aromatic rings.